The van der Waals surface area contributed by atoms with E-state index in [4.69, 9.17) is 11.6 Å². The van der Waals surface area contributed by atoms with E-state index in [1.54, 1.807) is 11.9 Å². The Morgan fingerprint density at radius 2 is 2.11 bits per heavy atom. The summed E-state index contributed by atoms with van der Waals surface area (Å²) < 4.78 is 1.60. The normalized spacial score (nSPS) is 10.5. The maximum absolute atomic E-state index is 12.4. The molecule has 2 nitrogen and oxygen atoms in total. The largest absolute Gasteiger partial charge is 0.337 e. The third-order valence-corrected chi connectivity index (χ3v) is 5.06. The van der Waals surface area contributed by atoms with Gasteiger partial charge in [-0.2, -0.15) is 0 Å². The lowest BCUT2D eigenvalue weighted by Crippen LogP contribution is -2.26. The van der Waals surface area contributed by atoms with Crippen LogP contribution >= 0.6 is 38.9 Å². The van der Waals surface area contributed by atoms with Crippen molar-refractivity contribution < 1.29 is 4.79 Å². The number of benzene rings is 1. The van der Waals surface area contributed by atoms with Gasteiger partial charge in [-0.05, 0) is 46.6 Å². The van der Waals surface area contributed by atoms with E-state index in [-0.39, 0.29) is 5.91 Å². The lowest BCUT2D eigenvalue weighted by Gasteiger charge is -2.17. The molecule has 19 heavy (non-hydrogen) atoms. The molecule has 0 saturated carbocycles. The molecule has 0 aliphatic heterocycles. The molecule has 0 bridgehead atoms. The molecule has 0 N–H and O–H groups in total. The summed E-state index contributed by atoms with van der Waals surface area (Å²) in [6.07, 6.45) is 0. The number of aryl methyl sites for hydroxylation is 1. The van der Waals surface area contributed by atoms with E-state index >= 15 is 0 Å². The molecule has 0 fully saturated rings. The average Bonchev–Trinajstić information content (AvgIpc) is 2.77. The Hall–Kier alpha value is -0.840. The van der Waals surface area contributed by atoms with E-state index in [2.05, 4.69) is 15.9 Å². The van der Waals surface area contributed by atoms with Crippen LogP contribution in [0, 0.1) is 6.92 Å². The number of amides is 1. The lowest BCUT2D eigenvalue weighted by atomic mass is 10.1. The molecule has 0 unspecified atom stereocenters. The first-order chi connectivity index (χ1) is 8.99. The highest BCUT2D eigenvalue weighted by Gasteiger charge is 2.16. The minimum atomic E-state index is 0.0000902. The second kappa shape index (κ2) is 6.07. The van der Waals surface area contributed by atoms with E-state index in [0.29, 0.717) is 12.1 Å². The first-order valence-electron chi connectivity index (χ1n) is 5.74. The molecule has 0 aliphatic rings. The van der Waals surface area contributed by atoms with Gasteiger partial charge in [-0.25, -0.2) is 0 Å². The molecular weight excluding hydrogens is 346 g/mol. The predicted octanol–water partition coefficient (Wildman–Crippen LogP) is 4.74. The van der Waals surface area contributed by atoms with Crippen molar-refractivity contribution in [3.05, 3.63) is 55.1 Å². The Morgan fingerprint density at radius 3 is 2.74 bits per heavy atom. The number of nitrogens with zero attached hydrogens (tertiary/aromatic N) is 1. The first-order valence-corrected chi connectivity index (χ1v) is 7.72. The molecule has 0 aliphatic carbocycles. The Kier molecular flexibility index (Phi) is 4.66. The Balaban J connectivity index is 2.17. The maximum Gasteiger partial charge on any atom is 0.255 e. The molecule has 1 aromatic carbocycles. The fourth-order valence-corrected chi connectivity index (χ4v) is 3.34. The lowest BCUT2D eigenvalue weighted by molar-refractivity contribution is 0.0785. The van der Waals surface area contributed by atoms with Crippen molar-refractivity contribution in [3.63, 3.8) is 0 Å². The number of thiophene rings is 1. The summed E-state index contributed by atoms with van der Waals surface area (Å²) in [7, 11) is 1.80. The summed E-state index contributed by atoms with van der Waals surface area (Å²) in [6, 6.07) is 9.49. The van der Waals surface area contributed by atoms with E-state index in [1.807, 2.05) is 37.3 Å². The van der Waals surface area contributed by atoms with E-state index in [0.717, 1.165) is 19.2 Å². The zero-order chi connectivity index (χ0) is 14.0. The van der Waals surface area contributed by atoms with Crippen molar-refractivity contribution in [3.8, 4) is 0 Å². The van der Waals surface area contributed by atoms with Crippen LogP contribution in [0.15, 0.2) is 34.8 Å². The summed E-state index contributed by atoms with van der Waals surface area (Å²) in [5.41, 5.74) is 1.74. The van der Waals surface area contributed by atoms with Crippen molar-refractivity contribution in [2.75, 3.05) is 7.05 Å². The summed E-state index contributed by atoms with van der Waals surface area (Å²) >= 11 is 10.9. The summed E-state index contributed by atoms with van der Waals surface area (Å²) in [4.78, 5) is 15.2. The zero-order valence-electron chi connectivity index (χ0n) is 10.6. The molecule has 2 aromatic rings. The second-order valence-corrected chi connectivity index (χ2v) is 6.90. The van der Waals surface area contributed by atoms with Gasteiger partial charge in [-0.15, -0.1) is 11.3 Å². The van der Waals surface area contributed by atoms with Crippen LogP contribution in [0.5, 0.6) is 0 Å². The number of carbonyl (C=O) groups excluding carboxylic acids is 1. The molecule has 0 radical (unpaired) electrons. The monoisotopic (exact) mass is 357 g/mol. The highest BCUT2D eigenvalue weighted by Crippen LogP contribution is 2.25. The summed E-state index contributed by atoms with van der Waals surface area (Å²) in [5.74, 6) is 0.0000902. The topological polar surface area (TPSA) is 20.3 Å². The second-order valence-electron chi connectivity index (χ2n) is 4.30. The molecule has 1 heterocycles. The minimum Gasteiger partial charge on any atom is -0.337 e. The number of halogens is 2. The van der Waals surface area contributed by atoms with Crippen LogP contribution in [-0.2, 0) is 6.54 Å². The van der Waals surface area contributed by atoms with E-state index < -0.39 is 0 Å². The Bertz CT molecular complexity index is 611. The van der Waals surface area contributed by atoms with Gasteiger partial charge < -0.3 is 4.90 Å². The van der Waals surface area contributed by atoms with Crippen molar-refractivity contribution in [2.24, 2.45) is 0 Å². The number of carbonyl (C=O) groups is 1. The van der Waals surface area contributed by atoms with Crippen molar-refractivity contribution in [1.82, 2.24) is 4.90 Å². The fourth-order valence-electron chi connectivity index (χ4n) is 1.76. The number of hydrogen-bond donors (Lipinski definition) is 0. The number of hydrogen-bond acceptors (Lipinski definition) is 2. The number of rotatable bonds is 3. The Labute approximate surface area is 130 Å². The van der Waals surface area contributed by atoms with Crippen LogP contribution < -0.4 is 0 Å². The Morgan fingerprint density at radius 1 is 1.37 bits per heavy atom. The average molecular weight is 359 g/mol. The summed E-state index contributed by atoms with van der Waals surface area (Å²) in [6.45, 7) is 2.54. The van der Waals surface area contributed by atoms with Gasteiger partial charge in [0.05, 0.1) is 16.4 Å². The summed E-state index contributed by atoms with van der Waals surface area (Å²) in [5, 5.41) is 0. The van der Waals surface area contributed by atoms with Crippen molar-refractivity contribution >= 4 is 44.8 Å². The molecule has 1 aromatic heterocycles. The third-order valence-electron chi connectivity index (χ3n) is 2.79. The molecular formula is C14H13BrClNOS. The van der Waals surface area contributed by atoms with Crippen molar-refractivity contribution in [1.29, 1.82) is 0 Å². The van der Waals surface area contributed by atoms with Gasteiger partial charge in [-0.3, -0.25) is 4.79 Å². The van der Waals surface area contributed by atoms with Crippen LogP contribution in [0.3, 0.4) is 0 Å². The van der Waals surface area contributed by atoms with E-state index in [9.17, 15) is 4.79 Å². The van der Waals surface area contributed by atoms with Crippen LogP contribution in [0.4, 0.5) is 0 Å². The zero-order valence-corrected chi connectivity index (χ0v) is 13.8. The van der Waals surface area contributed by atoms with Crippen LogP contribution in [-0.4, -0.2) is 17.9 Å². The van der Waals surface area contributed by atoms with Gasteiger partial charge in [0, 0.05) is 16.4 Å². The smallest absolute Gasteiger partial charge is 0.255 e. The van der Waals surface area contributed by atoms with Gasteiger partial charge in [-0.1, -0.05) is 23.7 Å². The highest BCUT2D eigenvalue weighted by molar-refractivity contribution is 9.10. The molecule has 0 atom stereocenters. The SMILES string of the molecule is Cc1cccc(C(=O)N(C)Cc2ccc(Cl)s2)c1Br. The predicted molar refractivity (Wildman–Crippen MR) is 84.0 cm³/mol. The van der Waals surface area contributed by atoms with Gasteiger partial charge in [0.25, 0.3) is 5.91 Å². The molecule has 1 amide bonds. The van der Waals surface area contributed by atoms with Gasteiger partial charge in [0.15, 0.2) is 0 Å². The van der Waals surface area contributed by atoms with Crippen LogP contribution in [0.25, 0.3) is 0 Å². The van der Waals surface area contributed by atoms with Crippen LogP contribution in [0.2, 0.25) is 4.34 Å². The fraction of sp³-hybridized carbons (Fsp3) is 0.214. The molecule has 0 spiro atoms. The molecule has 2 rings (SSSR count). The molecule has 5 heteroatoms. The molecule has 0 saturated heterocycles. The van der Waals surface area contributed by atoms with E-state index in [1.165, 1.54) is 11.3 Å². The molecule has 100 valence electrons. The van der Waals surface area contributed by atoms with Gasteiger partial charge in [0.2, 0.25) is 0 Å². The van der Waals surface area contributed by atoms with Gasteiger partial charge >= 0.3 is 0 Å². The van der Waals surface area contributed by atoms with Crippen molar-refractivity contribution in [2.45, 2.75) is 13.5 Å². The quantitative estimate of drug-likeness (QED) is 0.775. The van der Waals surface area contributed by atoms with Gasteiger partial charge in [0.1, 0.15) is 0 Å². The first kappa shape index (κ1) is 14.6. The third kappa shape index (κ3) is 3.38. The standard InChI is InChI=1S/C14H13BrClNOS/c1-9-4-3-5-11(13(9)15)14(18)17(2)8-10-6-7-12(16)19-10/h3-7H,8H2,1-2H3. The van der Waals surface area contributed by atoms with Crippen LogP contribution in [0.1, 0.15) is 20.8 Å². The highest BCUT2D eigenvalue weighted by atomic mass is 79.9. The minimum absolute atomic E-state index is 0.0000902. The maximum atomic E-state index is 12.4.